The number of carbonyl (C=O) groups is 3. The van der Waals surface area contributed by atoms with E-state index in [1.54, 1.807) is 41.1 Å². The van der Waals surface area contributed by atoms with Gasteiger partial charge in [0.15, 0.2) is 0 Å². The summed E-state index contributed by atoms with van der Waals surface area (Å²) in [6.45, 7) is 2.20. The lowest BCUT2D eigenvalue weighted by atomic mass is 10.1. The number of carbonyl (C=O) groups excluding carboxylic acids is 3. The molecule has 3 amide bonds. The standard InChI is InChI=1S/C24H20N4O4S/c1-2-32-18-9-7-17(8-10-18)26-22(29)15-28-23(30)21(33-24(28)31)13-16-14-27(12-11-25)20-6-4-3-5-19(16)20/h3-10,13-14H,2,12,15H2,1H3,(H,26,29)/b21-13+. The zero-order valence-corrected chi connectivity index (χ0v) is 18.6. The first-order valence-corrected chi connectivity index (χ1v) is 11.0. The predicted molar refractivity (Wildman–Crippen MR) is 126 cm³/mol. The summed E-state index contributed by atoms with van der Waals surface area (Å²) in [4.78, 5) is 38.9. The SMILES string of the molecule is CCOc1ccc(NC(=O)CN2C(=O)S/C(=C/c3cn(CC#N)c4ccccc34)C2=O)cc1. The van der Waals surface area contributed by atoms with Crippen molar-refractivity contribution >= 4 is 51.5 Å². The van der Waals surface area contributed by atoms with Crippen LogP contribution in [0.4, 0.5) is 10.5 Å². The van der Waals surface area contributed by atoms with Crippen LogP contribution in [0.15, 0.2) is 59.6 Å². The number of nitriles is 1. The fraction of sp³-hybridized carbons (Fsp3) is 0.167. The molecule has 2 aromatic carbocycles. The van der Waals surface area contributed by atoms with Gasteiger partial charge in [0, 0.05) is 28.4 Å². The van der Waals surface area contributed by atoms with Crippen molar-refractivity contribution in [3.05, 3.63) is 65.2 Å². The van der Waals surface area contributed by atoms with Gasteiger partial charge in [0.25, 0.3) is 11.1 Å². The topological polar surface area (TPSA) is 104 Å². The molecule has 0 radical (unpaired) electrons. The quantitative estimate of drug-likeness (QED) is 0.529. The lowest BCUT2D eigenvalue weighted by molar-refractivity contribution is -0.127. The Morgan fingerprint density at radius 3 is 2.67 bits per heavy atom. The molecule has 33 heavy (non-hydrogen) atoms. The largest absolute Gasteiger partial charge is 0.494 e. The van der Waals surface area contributed by atoms with Gasteiger partial charge in [0.2, 0.25) is 5.91 Å². The number of nitrogens with zero attached hydrogens (tertiary/aromatic N) is 3. The van der Waals surface area contributed by atoms with Crippen LogP contribution >= 0.6 is 11.8 Å². The summed E-state index contributed by atoms with van der Waals surface area (Å²) in [5.41, 5.74) is 2.13. The van der Waals surface area contributed by atoms with Crippen molar-refractivity contribution in [2.75, 3.05) is 18.5 Å². The molecular formula is C24H20N4O4S. The maximum atomic E-state index is 12.9. The first-order chi connectivity index (χ1) is 16.0. The van der Waals surface area contributed by atoms with Crippen molar-refractivity contribution in [1.82, 2.24) is 9.47 Å². The Kier molecular flexibility index (Phi) is 6.47. The van der Waals surface area contributed by atoms with Crippen molar-refractivity contribution in [1.29, 1.82) is 5.26 Å². The average molecular weight is 461 g/mol. The van der Waals surface area contributed by atoms with Crippen molar-refractivity contribution in [3.63, 3.8) is 0 Å². The Bertz CT molecular complexity index is 1300. The first kappa shape index (κ1) is 22.2. The normalized spacial score (nSPS) is 14.7. The van der Waals surface area contributed by atoms with Crippen molar-refractivity contribution < 1.29 is 19.1 Å². The number of imide groups is 1. The van der Waals surface area contributed by atoms with Gasteiger partial charge in [-0.3, -0.25) is 19.3 Å². The Morgan fingerprint density at radius 1 is 1.18 bits per heavy atom. The summed E-state index contributed by atoms with van der Waals surface area (Å²) in [6, 6.07) is 16.5. The van der Waals surface area contributed by atoms with E-state index in [9.17, 15) is 14.4 Å². The number of nitrogens with one attached hydrogen (secondary N) is 1. The van der Waals surface area contributed by atoms with Crippen LogP contribution in [0.25, 0.3) is 17.0 Å². The molecule has 1 aliphatic rings. The molecule has 8 nitrogen and oxygen atoms in total. The van der Waals surface area contributed by atoms with E-state index in [0.717, 1.165) is 33.1 Å². The number of amides is 3. The number of fused-ring (bicyclic) bond motifs is 1. The van der Waals surface area contributed by atoms with Gasteiger partial charge in [0.05, 0.1) is 17.6 Å². The van der Waals surface area contributed by atoms with Crippen LogP contribution in [-0.2, 0) is 16.1 Å². The molecule has 0 unspecified atom stereocenters. The molecule has 1 N–H and O–H groups in total. The van der Waals surface area contributed by atoms with Gasteiger partial charge in [-0.1, -0.05) is 18.2 Å². The molecule has 1 aliphatic heterocycles. The van der Waals surface area contributed by atoms with Crippen LogP contribution < -0.4 is 10.1 Å². The number of thioether (sulfide) groups is 1. The molecule has 1 fully saturated rings. The van der Waals surface area contributed by atoms with Gasteiger partial charge in [-0.05, 0) is 55.1 Å². The Hall–Kier alpha value is -4.03. The zero-order chi connectivity index (χ0) is 23.4. The molecular weight excluding hydrogens is 440 g/mol. The molecule has 3 aromatic rings. The first-order valence-electron chi connectivity index (χ1n) is 10.2. The molecule has 1 aromatic heterocycles. The number of rotatable bonds is 7. The van der Waals surface area contributed by atoms with Crippen molar-refractivity contribution in [3.8, 4) is 11.8 Å². The maximum absolute atomic E-state index is 12.9. The van der Waals surface area contributed by atoms with E-state index < -0.39 is 17.1 Å². The lowest BCUT2D eigenvalue weighted by Crippen LogP contribution is -2.36. The molecule has 1 saturated heterocycles. The maximum Gasteiger partial charge on any atom is 0.294 e. The van der Waals surface area contributed by atoms with E-state index in [1.165, 1.54) is 0 Å². The molecule has 4 rings (SSSR count). The Labute approximate surface area is 194 Å². The zero-order valence-electron chi connectivity index (χ0n) is 17.8. The van der Waals surface area contributed by atoms with Gasteiger partial charge in [0.1, 0.15) is 18.8 Å². The van der Waals surface area contributed by atoms with E-state index in [1.807, 2.05) is 31.2 Å². The van der Waals surface area contributed by atoms with Crippen LogP contribution in [-0.4, -0.2) is 39.7 Å². The van der Waals surface area contributed by atoms with Gasteiger partial charge in [-0.2, -0.15) is 5.26 Å². The van der Waals surface area contributed by atoms with Crippen molar-refractivity contribution in [2.24, 2.45) is 0 Å². The molecule has 0 aliphatic carbocycles. The monoisotopic (exact) mass is 460 g/mol. The number of aromatic nitrogens is 1. The highest BCUT2D eigenvalue weighted by atomic mass is 32.2. The molecule has 0 atom stereocenters. The number of ether oxygens (including phenoxy) is 1. The molecule has 0 bridgehead atoms. The van der Waals surface area contributed by atoms with E-state index in [4.69, 9.17) is 10.00 Å². The molecule has 0 saturated carbocycles. The fourth-order valence-electron chi connectivity index (χ4n) is 3.52. The molecule has 9 heteroatoms. The number of hydrogen-bond donors (Lipinski definition) is 1. The number of anilines is 1. The van der Waals surface area contributed by atoms with Crippen LogP contribution in [0, 0.1) is 11.3 Å². The second-order valence-electron chi connectivity index (χ2n) is 7.16. The van der Waals surface area contributed by atoms with Gasteiger partial charge >= 0.3 is 0 Å². The Balaban J connectivity index is 1.49. The summed E-state index contributed by atoms with van der Waals surface area (Å²) < 4.78 is 7.15. The van der Waals surface area contributed by atoms with E-state index >= 15 is 0 Å². The summed E-state index contributed by atoms with van der Waals surface area (Å²) in [6.07, 6.45) is 3.41. The van der Waals surface area contributed by atoms with Crippen LogP contribution in [0.1, 0.15) is 12.5 Å². The smallest absolute Gasteiger partial charge is 0.294 e. The highest BCUT2D eigenvalue weighted by molar-refractivity contribution is 8.18. The van der Waals surface area contributed by atoms with E-state index in [0.29, 0.717) is 18.0 Å². The summed E-state index contributed by atoms with van der Waals surface area (Å²) >= 11 is 0.791. The van der Waals surface area contributed by atoms with E-state index in [-0.39, 0.29) is 18.0 Å². The molecule has 2 heterocycles. The second-order valence-corrected chi connectivity index (χ2v) is 8.15. The third kappa shape index (κ3) is 4.76. The number of benzene rings is 2. The third-order valence-electron chi connectivity index (χ3n) is 4.97. The Morgan fingerprint density at radius 2 is 1.94 bits per heavy atom. The number of hydrogen-bond acceptors (Lipinski definition) is 6. The minimum Gasteiger partial charge on any atom is -0.494 e. The number of para-hydroxylation sites is 1. The lowest BCUT2D eigenvalue weighted by Gasteiger charge is -2.12. The second kappa shape index (κ2) is 9.63. The van der Waals surface area contributed by atoms with Crippen LogP contribution in [0.2, 0.25) is 0 Å². The summed E-state index contributed by atoms with van der Waals surface area (Å²) in [5.74, 6) is -0.319. The van der Waals surface area contributed by atoms with Gasteiger partial charge < -0.3 is 14.6 Å². The summed E-state index contributed by atoms with van der Waals surface area (Å²) in [5, 5.41) is 12.1. The highest BCUT2D eigenvalue weighted by Gasteiger charge is 2.36. The van der Waals surface area contributed by atoms with Crippen LogP contribution in [0.5, 0.6) is 5.75 Å². The van der Waals surface area contributed by atoms with Gasteiger partial charge in [-0.25, -0.2) is 0 Å². The van der Waals surface area contributed by atoms with Crippen LogP contribution in [0.3, 0.4) is 0 Å². The average Bonchev–Trinajstić information content (AvgIpc) is 3.28. The van der Waals surface area contributed by atoms with Gasteiger partial charge in [-0.15, -0.1) is 0 Å². The van der Waals surface area contributed by atoms with E-state index in [2.05, 4.69) is 11.4 Å². The third-order valence-corrected chi connectivity index (χ3v) is 5.88. The summed E-state index contributed by atoms with van der Waals surface area (Å²) in [7, 11) is 0. The minimum absolute atomic E-state index is 0.168. The minimum atomic E-state index is -0.524. The molecule has 166 valence electrons. The predicted octanol–water partition coefficient (Wildman–Crippen LogP) is 4.24. The van der Waals surface area contributed by atoms with Crippen molar-refractivity contribution in [2.45, 2.75) is 13.5 Å². The molecule has 0 spiro atoms. The fourth-order valence-corrected chi connectivity index (χ4v) is 4.35. The highest BCUT2D eigenvalue weighted by Crippen LogP contribution is 2.34.